The number of hydrogen-bond donors (Lipinski definition) is 3. The monoisotopic (exact) mass is 256 g/mol. The van der Waals surface area contributed by atoms with E-state index in [0.717, 1.165) is 25.1 Å². The van der Waals surface area contributed by atoms with Gasteiger partial charge < -0.3 is 5.32 Å². The second-order valence-electron chi connectivity index (χ2n) is 4.00. The first-order chi connectivity index (χ1) is 8.09. The fraction of sp³-hybridized carbons (Fsp3) is 0.500. The van der Waals surface area contributed by atoms with Gasteiger partial charge in [0.25, 0.3) is 0 Å². The van der Waals surface area contributed by atoms with Crippen molar-refractivity contribution in [2.75, 3.05) is 19.6 Å². The Morgan fingerprint density at radius 1 is 1.53 bits per heavy atom. The molecule has 0 amide bonds. The van der Waals surface area contributed by atoms with E-state index in [4.69, 9.17) is 0 Å². The van der Waals surface area contributed by atoms with E-state index in [9.17, 15) is 8.42 Å². The second kappa shape index (κ2) is 4.99. The second-order valence-corrected chi connectivity index (χ2v) is 5.74. The van der Waals surface area contributed by atoms with E-state index >= 15 is 0 Å². The molecule has 1 aromatic rings. The maximum absolute atomic E-state index is 11.9. The Kier molecular flexibility index (Phi) is 3.60. The van der Waals surface area contributed by atoms with Crippen molar-refractivity contribution >= 4 is 10.0 Å². The van der Waals surface area contributed by atoms with Crippen LogP contribution < -0.4 is 10.0 Å². The SMILES string of the molecule is Cc1[nH]ncc1S(=O)(=O)NCC1=CCNCC1. The van der Waals surface area contributed by atoms with Crippen LogP contribution in [0.5, 0.6) is 0 Å². The molecule has 0 aromatic carbocycles. The van der Waals surface area contributed by atoms with Gasteiger partial charge in [-0.3, -0.25) is 5.10 Å². The Morgan fingerprint density at radius 2 is 2.35 bits per heavy atom. The standard InChI is InChI=1S/C10H16N4O2S/c1-8-10(7-12-14-8)17(15,16)13-6-9-2-4-11-5-3-9/h2,7,11,13H,3-6H2,1H3,(H,12,14). The highest BCUT2D eigenvalue weighted by Gasteiger charge is 2.18. The number of sulfonamides is 1. The van der Waals surface area contributed by atoms with Crippen LogP contribution >= 0.6 is 0 Å². The van der Waals surface area contributed by atoms with E-state index in [0.29, 0.717) is 12.2 Å². The molecule has 0 fully saturated rings. The maximum Gasteiger partial charge on any atom is 0.244 e. The molecule has 7 heteroatoms. The summed E-state index contributed by atoms with van der Waals surface area (Å²) in [6, 6.07) is 0. The lowest BCUT2D eigenvalue weighted by Gasteiger charge is -2.14. The Bertz CT molecular complexity index is 518. The smallest absolute Gasteiger partial charge is 0.244 e. The van der Waals surface area contributed by atoms with Crippen LogP contribution in [-0.2, 0) is 10.0 Å². The van der Waals surface area contributed by atoms with Crippen LogP contribution in [0.25, 0.3) is 0 Å². The van der Waals surface area contributed by atoms with Gasteiger partial charge in [0.15, 0.2) is 0 Å². The molecule has 1 aliphatic heterocycles. The molecule has 2 heterocycles. The zero-order valence-electron chi connectivity index (χ0n) is 9.66. The molecule has 0 bridgehead atoms. The third-order valence-electron chi connectivity index (χ3n) is 2.72. The van der Waals surface area contributed by atoms with Gasteiger partial charge in [0, 0.05) is 13.1 Å². The molecule has 6 nitrogen and oxygen atoms in total. The molecule has 0 aliphatic carbocycles. The third-order valence-corrected chi connectivity index (χ3v) is 4.24. The summed E-state index contributed by atoms with van der Waals surface area (Å²) in [5.41, 5.74) is 1.67. The predicted molar refractivity (Wildman–Crippen MR) is 64.1 cm³/mol. The quantitative estimate of drug-likeness (QED) is 0.657. The molecule has 17 heavy (non-hydrogen) atoms. The summed E-state index contributed by atoms with van der Waals surface area (Å²) in [4.78, 5) is 0.215. The largest absolute Gasteiger partial charge is 0.313 e. The van der Waals surface area contributed by atoms with Gasteiger partial charge in [-0.05, 0) is 19.9 Å². The lowest BCUT2D eigenvalue weighted by Crippen LogP contribution is -2.29. The lowest BCUT2D eigenvalue weighted by molar-refractivity contribution is 0.581. The molecule has 0 radical (unpaired) electrons. The summed E-state index contributed by atoms with van der Waals surface area (Å²) >= 11 is 0. The van der Waals surface area contributed by atoms with E-state index < -0.39 is 10.0 Å². The minimum atomic E-state index is -3.45. The average Bonchev–Trinajstić information content (AvgIpc) is 2.75. The van der Waals surface area contributed by atoms with Crippen molar-refractivity contribution in [3.8, 4) is 0 Å². The van der Waals surface area contributed by atoms with Gasteiger partial charge in [0.05, 0.1) is 11.9 Å². The fourth-order valence-corrected chi connectivity index (χ4v) is 2.88. The highest BCUT2D eigenvalue weighted by molar-refractivity contribution is 7.89. The normalized spacial score (nSPS) is 16.9. The number of nitrogens with one attached hydrogen (secondary N) is 3. The number of aromatic nitrogens is 2. The minimum Gasteiger partial charge on any atom is -0.313 e. The van der Waals surface area contributed by atoms with Gasteiger partial charge in [-0.2, -0.15) is 5.10 Å². The van der Waals surface area contributed by atoms with Crippen molar-refractivity contribution < 1.29 is 8.42 Å². The van der Waals surface area contributed by atoms with E-state index in [1.807, 2.05) is 6.08 Å². The number of aromatic amines is 1. The van der Waals surface area contributed by atoms with E-state index in [1.54, 1.807) is 6.92 Å². The highest BCUT2D eigenvalue weighted by atomic mass is 32.2. The molecule has 0 atom stereocenters. The minimum absolute atomic E-state index is 0.215. The summed E-state index contributed by atoms with van der Waals surface area (Å²) in [5.74, 6) is 0. The van der Waals surface area contributed by atoms with Crippen molar-refractivity contribution in [2.45, 2.75) is 18.2 Å². The Labute approximate surface area is 101 Å². The summed E-state index contributed by atoms with van der Waals surface area (Å²) in [6.45, 7) is 3.76. The van der Waals surface area contributed by atoms with Gasteiger partial charge in [-0.15, -0.1) is 0 Å². The zero-order valence-corrected chi connectivity index (χ0v) is 10.5. The fourth-order valence-electron chi connectivity index (χ4n) is 1.71. The Hall–Kier alpha value is -1.18. The third kappa shape index (κ3) is 2.93. The molecule has 94 valence electrons. The summed E-state index contributed by atoms with van der Waals surface area (Å²) in [6.07, 6.45) is 4.23. The van der Waals surface area contributed by atoms with Gasteiger partial charge in [0.1, 0.15) is 4.90 Å². The molecule has 0 unspecified atom stereocenters. The molecule has 2 rings (SSSR count). The van der Waals surface area contributed by atoms with Crippen LogP contribution in [0.2, 0.25) is 0 Å². The Balaban J connectivity index is 2.03. The van der Waals surface area contributed by atoms with Crippen LogP contribution in [0.4, 0.5) is 0 Å². The number of hydrogen-bond acceptors (Lipinski definition) is 4. The van der Waals surface area contributed by atoms with Crippen LogP contribution in [0, 0.1) is 6.92 Å². The van der Waals surface area contributed by atoms with Gasteiger partial charge in [-0.1, -0.05) is 11.6 Å². The van der Waals surface area contributed by atoms with Crippen LogP contribution in [0.3, 0.4) is 0 Å². The molecular formula is C10H16N4O2S. The van der Waals surface area contributed by atoms with Crippen LogP contribution in [-0.4, -0.2) is 38.2 Å². The van der Waals surface area contributed by atoms with Crippen molar-refractivity contribution in [1.82, 2.24) is 20.2 Å². The topological polar surface area (TPSA) is 86.9 Å². The molecule has 1 aliphatic rings. The van der Waals surface area contributed by atoms with E-state index in [2.05, 4.69) is 20.2 Å². The van der Waals surface area contributed by atoms with Crippen molar-refractivity contribution in [1.29, 1.82) is 0 Å². The average molecular weight is 256 g/mol. The molecule has 0 saturated carbocycles. The van der Waals surface area contributed by atoms with E-state index in [-0.39, 0.29) is 4.90 Å². The van der Waals surface area contributed by atoms with E-state index in [1.165, 1.54) is 6.20 Å². The molecule has 0 saturated heterocycles. The first kappa shape index (κ1) is 12.3. The summed E-state index contributed by atoms with van der Waals surface area (Å²) in [5, 5.41) is 9.51. The van der Waals surface area contributed by atoms with Crippen LogP contribution in [0.15, 0.2) is 22.7 Å². The van der Waals surface area contributed by atoms with Gasteiger partial charge in [0.2, 0.25) is 10.0 Å². The number of nitrogens with zero attached hydrogens (tertiary/aromatic N) is 1. The number of H-pyrrole nitrogens is 1. The van der Waals surface area contributed by atoms with Crippen molar-refractivity contribution in [3.63, 3.8) is 0 Å². The maximum atomic E-state index is 11.9. The molecular weight excluding hydrogens is 240 g/mol. The number of aryl methyl sites for hydroxylation is 1. The van der Waals surface area contributed by atoms with Gasteiger partial charge >= 0.3 is 0 Å². The molecule has 0 spiro atoms. The lowest BCUT2D eigenvalue weighted by atomic mass is 10.1. The van der Waals surface area contributed by atoms with Crippen LogP contribution in [0.1, 0.15) is 12.1 Å². The molecule has 1 aromatic heterocycles. The molecule has 3 N–H and O–H groups in total. The number of rotatable bonds is 4. The predicted octanol–water partition coefficient (Wildman–Crippen LogP) is -0.0839. The summed E-state index contributed by atoms with van der Waals surface area (Å²) in [7, 11) is -3.45. The van der Waals surface area contributed by atoms with Crippen molar-refractivity contribution in [3.05, 3.63) is 23.5 Å². The van der Waals surface area contributed by atoms with Crippen molar-refractivity contribution in [2.24, 2.45) is 0 Å². The zero-order chi connectivity index (χ0) is 12.3. The first-order valence-corrected chi connectivity index (χ1v) is 6.96. The Morgan fingerprint density at radius 3 is 2.94 bits per heavy atom. The summed E-state index contributed by atoms with van der Waals surface area (Å²) < 4.78 is 26.5. The highest BCUT2D eigenvalue weighted by Crippen LogP contribution is 2.11. The van der Waals surface area contributed by atoms with Gasteiger partial charge in [-0.25, -0.2) is 13.1 Å². The first-order valence-electron chi connectivity index (χ1n) is 5.48.